The number of hydrogen-bond acceptors (Lipinski definition) is 4. The van der Waals surface area contributed by atoms with Crippen LogP contribution in [-0.2, 0) is 13.0 Å². The largest absolute Gasteiger partial charge is 0.351 e. The van der Waals surface area contributed by atoms with E-state index >= 15 is 0 Å². The first-order valence-electron chi connectivity index (χ1n) is 8.74. The highest BCUT2D eigenvalue weighted by Crippen LogP contribution is 2.18. The van der Waals surface area contributed by atoms with Gasteiger partial charge in [0.2, 0.25) is 0 Å². The van der Waals surface area contributed by atoms with E-state index in [-0.39, 0.29) is 12.3 Å². The highest BCUT2D eigenvalue weighted by Gasteiger charge is 2.17. The molecule has 0 aliphatic heterocycles. The summed E-state index contributed by atoms with van der Waals surface area (Å²) in [7, 11) is 0. The average Bonchev–Trinajstić information content (AvgIpc) is 3.10. The lowest BCUT2D eigenvalue weighted by Crippen LogP contribution is -2.30. The number of aryl methyl sites for hydroxylation is 1. The lowest BCUT2D eigenvalue weighted by Gasteiger charge is -2.10. The monoisotopic (exact) mass is 364 g/mol. The second-order valence-corrected chi connectivity index (χ2v) is 6.33. The molecule has 2 aromatic heterocycles. The first-order valence-corrected chi connectivity index (χ1v) is 8.74. The molecule has 0 amide bonds. The quantitative estimate of drug-likeness (QED) is 0.511. The zero-order valence-electron chi connectivity index (χ0n) is 14.7. The molecule has 0 bridgehead atoms. The van der Waals surface area contributed by atoms with Gasteiger partial charge in [-0.2, -0.15) is 4.52 Å². The van der Waals surface area contributed by atoms with Crippen molar-refractivity contribution in [2.75, 3.05) is 0 Å². The Morgan fingerprint density at radius 1 is 1.11 bits per heavy atom. The molecule has 27 heavy (non-hydrogen) atoms. The smallest absolute Gasteiger partial charge is 0.292 e. The van der Waals surface area contributed by atoms with E-state index in [1.165, 1.54) is 33.3 Å². The molecular formula is C20H17FN4O2. The Labute approximate surface area is 153 Å². The SMILES string of the molecule is CCCc1nc2c3ccccc3n(CC(=O)c3ccc(F)cc3)c(=O)n2n1. The fourth-order valence-corrected chi connectivity index (χ4v) is 3.13. The molecule has 6 nitrogen and oxygen atoms in total. The number of para-hydroxylation sites is 1. The van der Waals surface area contributed by atoms with Crippen molar-refractivity contribution in [1.82, 2.24) is 19.2 Å². The number of fused-ring (bicyclic) bond motifs is 3. The molecule has 7 heteroatoms. The minimum absolute atomic E-state index is 0.163. The average molecular weight is 364 g/mol. The van der Waals surface area contributed by atoms with E-state index < -0.39 is 11.5 Å². The number of hydrogen-bond donors (Lipinski definition) is 0. The van der Waals surface area contributed by atoms with Crippen LogP contribution in [0.1, 0.15) is 29.5 Å². The van der Waals surface area contributed by atoms with Gasteiger partial charge in [0, 0.05) is 17.4 Å². The molecule has 0 saturated heterocycles. The van der Waals surface area contributed by atoms with Crippen LogP contribution >= 0.6 is 0 Å². The number of carbonyl (C=O) groups is 1. The Kier molecular flexibility index (Phi) is 4.27. The number of halogens is 1. The van der Waals surface area contributed by atoms with Crippen molar-refractivity contribution in [1.29, 1.82) is 0 Å². The molecule has 0 atom stereocenters. The molecule has 0 unspecified atom stereocenters. The summed E-state index contributed by atoms with van der Waals surface area (Å²) in [4.78, 5) is 30.1. The number of benzene rings is 2. The van der Waals surface area contributed by atoms with Gasteiger partial charge in [-0.25, -0.2) is 14.2 Å². The fourth-order valence-electron chi connectivity index (χ4n) is 3.13. The van der Waals surface area contributed by atoms with Gasteiger partial charge < -0.3 is 0 Å². The number of rotatable bonds is 5. The lowest BCUT2D eigenvalue weighted by atomic mass is 10.1. The summed E-state index contributed by atoms with van der Waals surface area (Å²) in [5.74, 6) is -0.0977. The number of nitrogens with zero attached hydrogens (tertiary/aromatic N) is 4. The first-order chi connectivity index (χ1) is 13.1. The maximum absolute atomic E-state index is 13.1. The summed E-state index contributed by atoms with van der Waals surface area (Å²) in [5, 5.41) is 5.06. The van der Waals surface area contributed by atoms with E-state index in [1.54, 1.807) is 12.1 Å². The molecule has 136 valence electrons. The predicted molar refractivity (Wildman–Crippen MR) is 99.5 cm³/mol. The molecule has 4 rings (SSSR count). The molecule has 0 spiro atoms. The topological polar surface area (TPSA) is 69.3 Å². The molecular weight excluding hydrogens is 347 g/mol. The van der Waals surface area contributed by atoms with Crippen LogP contribution < -0.4 is 5.69 Å². The molecule has 4 aromatic rings. The minimum Gasteiger partial charge on any atom is -0.292 e. The van der Waals surface area contributed by atoms with E-state index in [0.29, 0.717) is 29.0 Å². The second-order valence-electron chi connectivity index (χ2n) is 6.33. The van der Waals surface area contributed by atoms with Crippen molar-refractivity contribution in [2.24, 2.45) is 0 Å². The van der Waals surface area contributed by atoms with Crippen molar-refractivity contribution in [3.8, 4) is 0 Å². The van der Waals surface area contributed by atoms with Gasteiger partial charge in [0.25, 0.3) is 0 Å². The van der Waals surface area contributed by atoms with Crippen LogP contribution in [0.15, 0.2) is 53.3 Å². The van der Waals surface area contributed by atoms with Gasteiger partial charge in [0.1, 0.15) is 5.82 Å². The third kappa shape index (κ3) is 3.01. The molecule has 0 radical (unpaired) electrons. The Balaban J connectivity index is 1.88. The van der Waals surface area contributed by atoms with Crippen LogP contribution in [0.2, 0.25) is 0 Å². The molecule has 0 fully saturated rings. The maximum atomic E-state index is 13.1. The minimum atomic E-state index is -0.422. The summed E-state index contributed by atoms with van der Waals surface area (Å²) in [5.41, 5.74) is 1.03. The van der Waals surface area contributed by atoms with E-state index in [9.17, 15) is 14.0 Å². The molecule has 2 aromatic carbocycles. The summed E-state index contributed by atoms with van der Waals surface area (Å²) >= 11 is 0. The number of Topliss-reactive ketones (excluding diaryl/α,β-unsaturated/α-hetero) is 1. The summed E-state index contributed by atoms with van der Waals surface area (Å²) in [6, 6.07) is 12.6. The van der Waals surface area contributed by atoms with Gasteiger partial charge in [-0.3, -0.25) is 9.36 Å². The van der Waals surface area contributed by atoms with Crippen molar-refractivity contribution in [3.63, 3.8) is 0 Å². The maximum Gasteiger partial charge on any atom is 0.351 e. The third-order valence-electron chi connectivity index (χ3n) is 4.44. The van der Waals surface area contributed by atoms with Crippen molar-refractivity contribution in [2.45, 2.75) is 26.3 Å². The Morgan fingerprint density at radius 2 is 1.85 bits per heavy atom. The highest BCUT2D eigenvalue weighted by molar-refractivity contribution is 5.97. The molecule has 0 N–H and O–H groups in total. The first kappa shape index (κ1) is 17.1. The van der Waals surface area contributed by atoms with Gasteiger partial charge in [0.15, 0.2) is 17.3 Å². The zero-order chi connectivity index (χ0) is 19.0. The summed E-state index contributed by atoms with van der Waals surface area (Å²) in [6.07, 6.45) is 1.54. The van der Waals surface area contributed by atoms with Crippen molar-refractivity contribution >= 4 is 22.3 Å². The van der Waals surface area contributed by atoms with Crippen molar-refractivity contribution in [3.05, 3.63) is 76.2 Å². The van der Waals surface area contributed by atoms with Crippen LogP contribution in [0, 0.1) is 5.82 Å². The number of aromatic nitrogens is 4. The van der Waals surface area contributed by atoms with Crippen LogP contribution in [-0.4, -0.2) is 24.9 Å². The van der Waals surface area contributed by atoms with Gasteiger partial charge >= 0.3 is 5.69 Å². The van der Waals surface area contributed by atoms with Gasteiger partial charge in [-0.05, 0) is 42.8 Å². The van der Waals surface area contributed by atoms with Crippen LogP contribution in [0.25, 0.3) is 16.6 Å². The summed E-state index contributed by atoms with van der Waals surface area (Å²) in [6.45, 7) is 1.85. The van der Waals surface area contributed by atoms with Gasteiger partial charge in [-0.1, -0.05) is 19.1 Å². The van der Waals surface area contributed by atoms with E-state index in [1.807, 2.05) is 19.1 Å². The molecule has 0 saturated carbocycles. The van der Waals surface area contributed by atoms with Crippen LogP contribution in [0.5, 0.6) is 0 Å². The van der Waals surface area contributed by atoms with Crippen LogP contribution in [0.3, 0.4) is 0 Å². The Morgan fingerprint density at radius 3 is 2.59 bits per heavy atom. The highest BCUT2D eigenvalue weighted by atomic mass is 19.1. The number of ketones is 1. The normalized spacial score (nSPS) is 11.3. The Bertz CT molecular complexity index is 1210. The third-order valence-corrected chi connectivity index (χ3v) is 4.44. The van der Waals surface area contributed by atoms with Gasteiger partial charge in [-0.15, -0.1) is 5.10 Å². The van der Waals surface area contributed by atoms with Crippen LogP contribution in [0.4, 0.5) is 4.39 Å². The van der Waals surface area contributed by atoms with Gasteiger partial charge in [0.05, 0.1) is 12.1 Å². The second kappa shape index (κ2) is 6.75. The summed E-state index contributed by atoms with van der Waals surface area (Å²) < 4.78 is 15.7. The van der Waals surface area contributed by atoms with E-state index in [4.69, 9.17) is 0 Å². The lowest BCUT2D eigenvalue weighted by molar-refractivity contribution is 0.0971. The molecule has 0 aliphatic rings. The number of carbonyl (C=O) groups excluding carboxylic acids is 1. The molecule has 0 aliphatic carbocycles. The standard InChI is InChI=1S/C20H17FN4O2/c1-2-5-18-22-19-15-6-3-4-7-16(15)24(20(27)25(19)23-18)12-17(26)13-8-10-14(21)11-9-13/h3-4,6-11H,2,5,12H2,1H3. The van der Waals surface area contributed by atoms with E-state index in [2.05, 4.69) is 10.1 Å². The Hall–Kier alpha value is -3.35. The van der Waals surface area contributed by atoms with E-state index in [0.717, 1.165) is 11.8 Å². The van der Waals surface area contributed by atoms with Crippen molar-refractivity contribution < 1.29 is 9.18 Å². The predicted octanol–water partition coefficient (Wildman–Crippen LogP) is 3.02. The zero-order valence-corrected chi connectivity index (χ0v) is 14.7. The fraction of sp³-hybridized carbons (Fsp3) is 0.200. The molecule has 2 heterocycles.